The third kappa shape index (κ3) is 13.6. The van der Waals surface area contributed by atoms with Gasteiger partial charge in [0.05, 0.1) is 32.5 Å². The van der Waals surface area contributed by atoms with E-state index in [1.165, 1.54) is 0 Å². The zero-order chi connectivity index (χ0) is 12.9. The summed E-state index contributed by atoms with van der Waals surface area (Å²) in [5.74, 6) is 0. The standard InChI is InChI=1S/C10H21F2NO4/c1-15-4-5-17-7-9(14)6-13-2-3-16-8-10(11)12/h9-10,13-14H,2-8H2,1H3. The molecular weight excluding hydrogens is 236 g/mol. The van der Waals surface area contributed by atoms with Crippen molar-refractivity contribution in [2.75, 3.05) is 53.2 Å². The summed E-state index contributed by atoms with van der Waals surface area (Å²) in [6.07, 6.45) is -3.06. The monoisotopic (exact) mass is 257 g/mol. The number of hydrogen-bond acceptors (Lipinski definition) is 5. The minimum absolute atomic E-state index is 0.196. The summed E-state index contributed by atoms with van der Waals surface area (Å²) >= 11 is 0. The lowest BCUT2D eigenvalue weighted by Gasteiger charge is -2.12. The smallest absolute Gasteiger partial charge is 0.261 e. The number of halogens is 2. The molecule has 0 heterocycles. The lowest BCUT2D eigenvalue weighted by atomic mass is 10.4. The molecular formula is C10H21F2NO4. The van der Waals surface area contributed by atoms with Gasteiger partial charge in [0.2, 0.25) is 0 Å². The fourth-order valence-electron chi connectivity index (χ4n) is 1.01. The minimum Gasteiger partial charge on any atom is -0.389 e. The van der Waals surface area contributed by atoms with Gasteiger partial charge in [-0.3, -0.25) is 0 Å². The van der Waals surface area contributed by atoms with Crippen molar-refractivity contribution in [2.45, 2.75) is 12.5 Å². The first-order valence-electron chi connectivity index (χ1n) is 5.48. The van der Waals surface area contributed by atoms with E-state index in [2.05, 4.69) is 10.1 Å². The Bertz CT molecular complexity index is 163. The molecule has 17 heavy (non-hydrogen) atoms. The number of hydrogen-bond donors (Lipinski definition) is 2. The highest BCUT2D eigenvalue weighted by Crippen LogP contribution is 1.91. The van der Waals surface area contributed by atoms with E-state index >= 15 is 0 Å². The van der Waals surface area contributed by atoms with Crippen molar-refractivity contribution in [1.82, 2.24) is 5.32 Å². The number of alkyl halides is 2. The van der Waals surface area contributed by atoms with Gasteiger partial charge >= 0.3 is 0 Å². The number of rotatable bonds is 12. The Morgan fingerprint density at radius 3 is 2.47 bits per heavy atom. The van der Waals surface area contributed by atoms with Crippen molar-refractivity contribution in [1.29, 1.82) is 0 Å². The molecule has 104 valence electrons. The Labute approximate surface area is 100 Å². The van der Waals surface area contributed by atoms with Crippen LogP contribution in [0, 0.1) is 0 Å². The number of ether oxygens (including phenoxy) is 3. The van der Waals surface area contributed by atoms with E-state index in [0.29, 0.717) is 26.3 Å². The fourth-order valence-corrected chi connectivity index (χ4v) is 1.01. The van der Waals surface area contributed by atoms with Gasteiger partial charge in [-0.25, -0.2) is 8.78 Å². The molecule has 5 nitrogen and oxygen atoms in total. The van der Waals surface area contributed by atoms with Gasteiger partial charge in [0.15, 0.2) is 0 Å². The normalized spacial score (nSPS) is 13.2. The maximum absolute atomic E-state index is 11.7. The molecule has 0 rings (SSSR count). The van der Waals surface area contributed by atoms with Gasteiger partial charge in [-0.2, -0.15) is 0 Å². The average molecular weight is 257 g/mol. The first-order valence-corrected chi connectivity index (χ1v) is 5.48. The van der Waals surface area contributed by atoms with E-state index in [1.54, 1.807) is 7.11 Å². The van der Waals surface area contributed by atoms with E-state index in [0.717, 1.165) is 0 Å². The number of nitrogens with one attached hydrogen (secondary N) is 1. The van der Waals surface area contributed by atoms with Crippen LogP contribution in [-0.2, 0) is 14.2 Å². The van der Waals surface area contributed by atoms with Crippen molar-refractivity contribution in [2.24, 2.45) is 0 Å². The number of methoxy groups -OCH3 is 1. The van der Waals surface area contributed by atoms with Crippen LogP contribution in [0.5, 0.6) is 0 Å². The summed E-state index contributed by atoms with van der Waals surface area (Å²) in [4.78, 5) is 0. The van der Waals surface area contributed by atoms with Crippen LogP contribution in [0.1, 0.15) is 0 Å². The average Bonchev–Trinajstić information content (AvgIpc) is 2.29. The Hall–Kier alpha value is -0.340. The molecule has 2 N–H and O–H groups in total. The van der Waals surface area contributed by atoms with E-state index in [4.69, 9.17) is 9.47 Å². The van der Waals surface area contributed by atoms with Crippen LogP contribution in [0.15, 0.2) is 0 Å². The van der Waals surface area contributed by atoms with Crippen molar-refractivity contribution in [3.63, 3.8) is 0 Å². The zero-order valence-electron chi connectivity index (χ0n) is 10.0. The van der Waals surface area contributed by atoms with Crippen LogP contribution in [0.4, 0.5) is 8.78 Å². The SMILES string of the molecule is COCCOCC(O)CNCCOCC(F)F. The third-order valence-electron chi connectivity index (χ3n) is 1.79. The molecule has 0 fully saturated rings. The van der Waals surface area contributed by atoms with Crippen molar-refractivity contribution < 1.29 is 28.1 Å². The molecule has 0 aliphatic carbocycles. The molecule has 1 atom stereocenters. The van der Waals surface area contributed by atoms with Crippen LogP contribution in [-0.4, -0.2) is 70.9 Å². The largest absolute Gasteiger partial charge is 0.389 e. The predicted octanol–water partition coefficient (Wildman–Crippen LogP) is -0.118. The molecule has 0 aliphatic heterocycles. The molecule has 0 amide bonds. The fraction of sp³-hybridized carbons (Fsp3) is 1.00. The highest BCUT2D eigenvalue weighted by atomic mass is 19.3. The van der Waals surface area contributed by atoms with Gasteiger partial charge in [0.25, 0.3) is 6.43 Å². The van der Waals surface area contributed by atoms with E-state index in [-0.39, 0.29) is 13.2 Å². The van der Waals surface area contributed by atoms with Gasteiger partial charge in [0, 0.05) is 20.2 Å². The molecule has 0 saturated carbocycles. The van der Waals surface area contributed by atoms with Gasteiger partial charge < -0.3 is 24.6 Å². The van der Waals surface area contributed by atoms with Crippen LogP contribution in [0.25, 0.3) is 0 Å². The maximum Gasteiger partial charge on any atom is 0.261 e. The molecule has 1 unspecified atom stereocenters. The van der Waals surface area contributed by atoms with Gasteiger partial charge in [0.1, 0.15) is 6.61 Å². The lowest BCUT2D eigenvalue weighted by molar-refractivity contribution is 0.00831. The second-order valence-corrected chi connectivity index (χ2v) is 3.39. The summed E-state index contributed by atoms with van der Waals surface area (Å²) in [5.41, 5.74) is 0. The van der Waals surface area contributed by atoms with Gasteiger partial charge in [-0.05, 0) is 0 Å². The van der Waals surface area contributed by atoms with Crippen LogP contribution in [0.3, 0.4) is 0 Å². The van der Waals surface area contributed by atoms with E-state index in [9.17, 15) is 13.9 Å². The Morgan fingerprint density at radius 1 is 1.12 bits per heavy atom. The Morgan fingerprint density at radius 2 is 1.82 bits per heavy atom. The molecule has 0 saturated heterocycles. The summed E-state index contributed by atoms with van der Waals surface area (Å²) in [5, 5.41) is 12.3. The van der Waals surface area contributed by atoms with Crippen molar-refractivity contribution >= 4 is 0 Å². The van der Waals surface area contributed by atoms with E-state index in [1.807, 2.05) is 0 Å². The maximum atomic E-state index is 11.7. The molecule has 0 spiro atoms. The summed E-state index contributed by atoms with van der Waals surface area (Å²) in [6.45, 7) is 1.54. The molecule has 0 aliphatic rings. The van der Waals surface area contributed by atoms with Crippen LogP contribution >= 0.6 is 0 Å². The minimum atomic E-state index is -2.44. The molecule has 0 bridgehead atoms. The molecule has 7 heteroatoms. The third-order valence-corrected chi connectivity index (χ3v) is 1.79. The van der Waals surface area contributed by atoms with Crippen LogP contribution < -0.4 is 5.32 Å². The Kier molecular flexibility index (Phi) is 11.9. The Balaban J connectivity index is 3.13. The highest BCUT2D eigenvalue weighted by Gasteiger charge is 2.04. The topological polar surface area (TPSA) is 60.0 Å². The number of aliphatic hydroxyl groups excluding tert-OH is 1. The van der Waals surface area contributed by atoms with Gasteiger partial charge in [-0.1, -0.05) is 0 Å². The molecule has 0 aromatic heterocycles. The molecule has 0 aromatic rings. The quantitative estimate of drug-likeness (QED) is 0.477. The summed E-state index contributed by atoms with van der Waals surface area (Å²) < 4.78 is 37.8. The summed E-state index contributed by atoms with van der Waals surface area (Å²) in [6, 6.07) is 0. The van der Waals surface area contributed by atoms with Crippen LogP contribution in [0.2, 0.25) is 0 Å². The lowest BCUT2D eigenvalue weighted by Crippen LogP contribution is -2.33. The molecule has 0 radical (unpaired) electrons. The number of aliphatic hydroxyl groups is 1. The second kappa shape index (κ2) is 12.1. The van der Waals surface area contributed by atoms with Crippen molar-refractivity contribution in [3.05, 3.63) is 0 Å². The highest BCUT2D eigenvalue weighted by molar-refractivity contribution is 4.58. The zero-order valence-corrected chi connectivity index (χ0v) is 10.0. The first-order chi connectivity index (χ1) is 8.16. The van der Waals surface area contributed by atoms with E-state index < -0.39 is 19.1 Å². The predicted molar refractivity (Wildman–Crippen MR) is 58.4 cm³/mol. The van der Waals surface area contributed by atoms with Crippen molar-refractivity contribution in [3.8, 4) is 0 Å². The molecule has 0 aromatic carbocycles. The first kappa shape index (κ1) is 16.7. The van der Waals surface area contributed by atoms with Gasteiger partial charge in [-0.15, -0.1) is 0 Å². The summed E-state index contributed by atoms with van der Waals surface area (Å²) in [7, 11) is 1.57. The second-order valence-electron chi connectivity index (χ2n) is 3.39.